The Kier molecular flexibility index (Phi) is 6.74. The Morgan fingerprint density at radius 2 is 2.00 bits per heavy atom. The molecule has 3 aromatic rings. The molecule has 26 heavy (non-hydrogen) atoms. The van der Waals surface area contributed by atoms with Gasteiger partial charge >= 0.3 is 6.03 Å². The Labute approximate surface area is 158 Å². The Balaban J connectivity index is 0.00000243. The third-order valence-electron chi connectivity index (χ3n) is 3.69. The number of hydrogen-bond acceptors (Lipinski definition) is 4. The lowest BCUT2D eigenvalue weighted by Crippen LogP contribution is -2.28. The van der Waals surface area contributed by atoms with Gasteiger partial charge in [-0.1, -0.05) is 24.3 Å². The Morgan fingerprint density at radius 1 is 1.15 bits per heavy atom. The summed E-state index contributed by atoms with van der Waals surface area (Å²) in [6.07, 6.45) is 3.53. The number of amides is 2. The molecular weight excluding hydrogens is 352 g/mol. The third kappa shape index (κ3) is 4.83. The van der Waals surface area contributed by atoms with Crippen molar-refractivity contribution in [1.82, 2.24) is 15.3 Å². The highest BCUT2D eigenvalue weighted by atomic mass is 35.5. The monoisotopic (exact) mass is 372 g/mol. The van der Waals surface area contributed by atoms with Crippen molar-refractivity contribution in [2.75, 3.05) is 11.9 Å². The number of aryl methyl sites for hydroxylation is 1. The van der Waals surface area contributed by atoms with Crippen molar-refractivity contribution in [3.8, 4) is 5.88 Å². The van der Waals surface area contributed by atoms with E-state index in [2.05, 4.69) is 20.6 Å². The Bertz CT molecular complexity index is 884. The number of anilines is 1. The molecule has 2 aromatic heterocycles. The van der Waals surface area contributed by atoms with Crippen molar-refractivity contribution in [3.05, 3.63) is 59.9 Å². The number of carbonyl (C=O) groups is 1. The number of fused-ring (bicyclic) bond motifs is 1. The fraction of sp³-hybridized carbons (Fsp3) is 0.211. The minimum atomic E-state index is -0.265. The molecule has 2 amide bonds. The summed E-state index contributed by atoms with van der Waals surface area (Å²) in [5.41, 5.74) is 2.10. The van der Waals surface area contributed by atoms with E-state index in [-0.39, 0.29) is 18.4 Å². The molecule has 0 unspecified atom stereocenters. The summed E-state index contributed by atoms with van der Waals surface area (Å²) < 4.78 is 5.76. The average Bonchev–Trinajstić information content (AvgIpc) is 2.61. The van der Waals surface area contributed by atoms with Gasteiger partial charge in [-0.2, -0.15) is 0 Å². The Hall–Kier alpha value is -2.86. The molecule has 0 aliphatic rings. The largest absolute Gasteiger partial charge is 0.473 e. The van der Waals surface area contributed by atoms with Crippen molar-refractivity contribution in [2.24, 2.45) is 0 Å². The number of urea groups is 1. The number of carbonyl (C=O) groups excluding carboxylic acids is 1. The highest BCUT2D eigenvalue weighted by molar-refractivity contribution is 5.92. The van der Waals surface area contributed by atoms with Crippen LogP contribution in [0.3, 0.4) is 0 Å². The molecule has 0 atom stereocenters. The van der Waals surface area contributed by atoms with Crippen molar-refractivity contribution in [1.29, 1.82) is 0 Å². The van der Waals surface area contributed by atoms with Crippen LogP contribution in [-0.2, 0) is 6.61 Å². The van der Waals surface area contributed by atoms with Gasteiger partial charge in [0.1, 0.15) is 12.4 Å². The van der Waals surface area contributed by atoms with E-state index in [1.54, 1.807) is 12.4 Å². The number of nitrogens with zero attached hydrogens (tertiary/aromatic N) is 2. The first-order chi connectivity index (χ1) is 12.2. The summed E-state index contributed by atoms with van der Waals surface area (Å²) in [6.45, 7) is 4.81. The number of pyridine rings is 2. The molecular formula is C19H21ClN4O2. The highest BCUT2D eigenvalue weighted by Crippen LogP contribution is 2.22. The smallest absolute Gasteiger partial charge is 0.320 e. The van der Waals surface area contributed by atoms with E-state index in [1.807, 2.05) is 50.2 Å². The quantitative estimate of drug-likeness (QED) is 0.707. The van der Waals surface area contributed by atoms with Crippen LogP contribution in [0.5, 0.6) is 5.88 Å². The molecule has 0 bridgehead atoms. The van der Waals surface area contributed by atoms with Gasteiger partial charge in [0.05, 0.1) is 0 Å². The summed E-state index contributed by atoms with van der Waals surface area (Å²) in [5.74, 6) is 1.10. The maximum absolute atomic E-state index is 11.6. The summed E-state index contributed by atoms with van der Waals surface area (Å²) in [7, 11) is 0. The predicted octanol–water partition coefficient (Wildman–Crippen LogP) is 4.08. The maximum atomic E-state index is 11.6. The van der Waals surface area contributed by atoms with Crippen LogP contribution in [0.1, 0.15) is 18.1 Å². The number of halogens is 1. The first kappa shape index (κ1) is 19.5. The maximum Gasteiger partial charge on any atom is 0.320 e. The fourth-order valence-electron chi connectivity index (χ4n) is 2.44. The molecule has 0 aliphatic heterocycles. The molecule has 2 N–H and O–H groups in total. The molecule has 0 radical (unpaired) electrons. The molecule has 0 spiro atoms. The van der Waals surface area contributed by atoms with Crippen LogP contribution in [-0.4, -0.2) is 22.5 Å². The van der Waals surface area contributed by atoms with Crippen LogP contribution in [0.15, 0.2) is 48.8 Å². The van der Waals surface area contributed by atoms with E-state index in [0.717, 1.165) is 21.9 Å². The number of hydrogen-bond donors (Lipinski definition) is 2. The molecule has 0 saturated carbocycles. The molecule has 1 aromatic carbocycles. The lowest BCUT2D eigenvalue weighted by atomic mass is 10.1. The van der Waals surface area contributed by atoms with Crippen molar-refractivity contribution in [2.45, 2.75) is 20.5 Å². The van der Waals surface area contributed by atoms with Gasteiger partial charge in [-0.3, -0.25) is 5.32 Å². The second-order valence-electron chi connectivity index (χ2n) is 5.65. The van der Waals surface area contributed by atoms with Crippen LogP contribution in [0.4, 0.5) is 10.6 Å². The normalized spacial score (nSPS) is 10.1. The average molecular weight is 373 g/mol. The number of rotatable bonds is 5. The number of nitrogens with one attached hydrogen (secondary N) is 2. The predicted molar refractivity (Wildman–Crippen MR) is 105 cm³/mol. The Morgan fingerprint density at radius 3 is 2.73 bits per heavy atom. The van der Waals surface area contributed by atoms with Gasteiger partial charge in [0.25, 0.3) is 0 Å². The molecule has 0 fully saturated rings. The standard InChI is InChI=1S/C19H20N4O2.ClH/c1-3-20-19(24)23-17-9-14-5-4-6-15(16(14)11-21-17)12-25-18-8-7-13(2)10-22-18;/h4-11H,3,12H2,1-2H3,(H2,20,21,23,24);1H. The lowest BCUT2D eigenvalue weighted by Gasteiger charge is -2.10. The molecule has 6 nitrogen and oxygen atoms in total. The third-order valence-corrected chi connectivity index (χ3v) is 3.69. The van der Waals surface area contributed by atoms with Crippen LogP contribution in [0.2, 0.25) is 0 Å². The fourth-order valence-corrected chi connectivity index (χ4v) is 2.44. The summed E-state index contributed by atoms with van der Waals surface area (Å²) in [5, 5.41) is 7.36. The first-order valence-electron chi connectivity index (χ1n) is 8.13. The van der Waals surface area contributed by atoms with Gasteiger partial charge in [-0.25, -0.2) is 14.8 Å². The van der Waals surface area contributed by atoms with Crippen molar-refractivity contribution in [3.63, 3.8) is 0 Å². The van der Waals surface area contributed by atoms with Gasteiger partial charge < -0.3 is 10.1 Å². The first-order valence-corrected chi connectivity index (χ1v) is 8.13. The number of ether oxygens (including phenoxy) is 1. The van der Waals surface area contributed by atoms with E-state index in [4.69, 9.17) is 4.74 Å². The zero-order valence-electron chi connectivity index (χ0n) is 14.7. The van der Waals surface area contributed by atoms with E-state index in [9.17, 15) is 4.79 Å². The van der Waals surface area contributed by atoms with E-state index >= 15 is 0 Å². The van der Waals surface area contributed by atoms with E-state index in [1.165, 1.54) is 0 Å². The number of aromatic nitrogens is 2. The second-order valence-corrected chi connectivity index (χ2v) is 5.65. The van der Waals surface area contributed by atoms with Gasteiger partial charge in [0.15, 0.2) is 0 Å². The summed E-state index contributed by atoms with van der Waals surface area (Å²) in [6, 6.07) is 11.3. The van der Waals surface area contributed by atoms with Gasteiger partial charge in [-0.15, -0.1) is 12.4 Å². The van der Waals surface area contributed by atoms with Crippen LogP contribution >= 0.6 is 12.4 Å². The van der Waals surface area contributed by atoms with Crippen LogP contribution in [0.25, 0.3) is 10.8 Å². The van der Waals surface area contributed by atoms with Crippen molar-refractivity contribution < 1.29 is 9.53 Å². The van der Waals surface area contributed by atoms with Crippen LogP contribution in [0, 0.1) is 6.92 Å². The highest BCUT2D eigenvalue weighted by Gasteiger charge is 2.06. The minimum Gasteiger partial charge on any atom is -0.473 e. The zero-order valence-corrected chi connectivity index (χ0v) is 15.5. The number of benzene rings is 1. The molecule has 136 valence electrons. The van der Waals surface area contributed by atoms with E-state index < -0.39 is 0 Å². The topological polar surface area (TPSA) is 76.1 Å². The van der Waals surface area contributed by atoms with Gasteiger partial charge in [0, 0.05) is 30.4 Å². The van der Waals surface area contributed by atoms with Gasteiger partial charge in [-0.05, 0) is 36.4 Å². The van der Waals surface area contributed by atoms with Crippen LogP contribution < -0.4 is 15.4 Å². The molecule has 0 saturated heterocycles. The summed E-state index contributed by atoms with van der Waals surface area (Å²) in [4.78, 5) is 20.2. The SMILES string of the molecule is CCNC(=O)Nc1cc2cccc(COc3ccc(C)cn3)c2cn1.Cl. The molecule has 2 heterocycles. The lowest BCUT2D eigenvalue weighted by molar-refractivity contribution is 0.252. The summed E-state index contributed by atoms with van der Waals surface area (Å²) >= 11 is 0. The minimum absolute atomic E-state index is 0. The second kappa shape index (κ2) is 9.01. The zero-order chi connectivity index (χ0) is 17.6. The molecule has 0 aliphatic carbocycles. The van der Waals surface area contributed by atoms with E-state index in [0.29, 0.717) is 24.8 Å². The van der Waals surface area contributed by atoms with Crippen molar-refractivity contribution >= 4 is 35.0 Å². The van der Waals surface area contributed by atoms with Gasteiger partial charge in [0.2, 0.25) is 5.88 Å². The molecule has 3 rings (SSSR count). The molecule has 7 heteroatoms.